The van der Waals surface area contributed by atoms with Gasteiger partial charge < -0.3 is 4.90 Å². The van der Waals surface area contributed by atoms with Crippen molar-refractivity contribution in [2.45, 2.75) is 20.3 Å². The molecule has 1 aromatic heterocycles. The zero-order valence-electron chi connectivity index (χ0n) is 9.26. The molecule has 0 bridgehead atoms. The molecule has 0 fully saturated rings. The lowest BCUT2D eigenvalue weighted by atomic mass is 10.1. The van der Waals surface area contributed by atoms with Crippen molar-refractivity contribution in [2.75, 3.05) is 20.6 Å². The van der Waals surface area contributed by atoms with E-state index in [1.54, 1.807) is 0 Å². The molecule has 0 atom stereocenters. The summed E-state index contributed by atoms with van der Waals surface area (Å²) in [4.78, 5) is 2.20. The predicted octanol–water partition coefficient (Wildman–Crippen LogP) is 1.14. The molecule has 0 N–H and O–H groups in total. The maximum absolute atomic E-state index is 4.39. The van der Waals surface area contributed by atoms with Gasteiger partial charge in [0.05, 0.1) is 5.69 Å². The third-order valence-corrected chi connectivity index (χ3v) is 2.47. The van der Waals surface area contributed by atoms with Gasteiger partial charge in [-0.3, -0.25) is 4.68 Å². The Morgan fingerprint density at radius 3 is 2.31 bits per heavy atom. The Labute approximate surface area is 80.4 Å². The second-order valence-electron chi connectivity index (χ2n) is 3.83. The zero-order valence-corrected chi connectivity index (χ0v) is 9.26. The van der Waals surface area contributed by atoms with Crippen molar-refractivity contribution in [2.24, 2.45) is 7.05 Å². The third-order valence-electron chi connectivity index (χ3n) is 2.47. The summed E-state index contributed by atoms with van der Waals surface area (Å²) in [6.07, 6.45) is 1.10. The van der Waals surface area contributed by atoms with Crippen LogP contribution in [0.4, 0.5) is 0 Å². The molecular formula is C10H19N3. The molecule has 0 unspecified atom stereocenters. The van der Waals surface area contributed by atoms with Crippen molar-refractivity contribution >= 4 is 0 Å². The van der Waals surface area contributed by atoms with E-state index in [-0.39, 0.29) is 0 Å². The lowest BCUT2D eigenvalue weighted by Crippen LogP contribution is -2.15. The van der Waals surface area contributed by atoms with E-state index in [0.717, 1.165) is 13.0 Å². The lowest BCUT2D eigenvalue weighted by Gasteiger charge is -2.09. The van der Waals surface area contributed by atoms with E-state index in [1.165, 1.54) is 17.0 Å². The molecule has 3 nitrogen and oxygen atoms in total. The third kappa shape index (κ3) is 2.31. The van der Waals surface area contributed by atoms with Crippen LogP contribution in [0.2, 0.25) is 0 Å². The van der Waals surface area contributed by atoms with Crippen molar-refractivity contribution < 1.29 is 0 Å². The Bertz CT molecular complexity index is 287. The van der Waals surface area contributed by atoms with Crippen molar-refractivity contribution in [1.29, 1.82) is 0 Å². The molecule has 0 saturated heterocycles. The molecule has 0 radical (unpaired) electrons. The standard InChI is InChI=1S/C10H19N3/c1-8-10(6-7-12(3)4)9(2)13(5)11-8/h6-7H2,1-5H3. The average Bonchev–Trinajstić information content (AvgIpc) is 2.24. The van der Waals surface area contributed by atoms with Crippen LogP contribution in [-0.4, -0.2) is 35.3 Å². The molecule has 0 aliphatic rings. The summed E-state index contributed by atoms with van der Waals surface area (Å²) < 4.78 is 1.96. The first-order valence-corrected chi connectivity index (χ1v) is 4.66. The van der Waals surface area contributed by atoms with Gasteiger partial charge in [-0.2, -0.15) is 5.10 Å². The van der Waals surface area contributed by atoms with Crippen LogP contribution < -0.4 is 0 Å². The van der Waals surface area contributed by atoms with Crippen molar-refractivity contribution in [3.63, 3.8) is 0 Å². The maximum atomic E-state index is 4.39. The van der Waals surface area contributed by atoms with Crippen molar-refractivity contribution in [1.82, 2.24) is 14.7 Å². The van der Waals surface area contributed by atoms with Gasteiger partial charge in [-0.25, -0.2) is 0 Å². The van der Waals surface area contributed by atoms with E-state index in [2.05, 4.69) is 37.9 Å². The highest BCUT2D eigenvalue weighted by Crippen LogP contribution is 2.12. The molecule has 0 saturated carbocycles. The molecule has 1 aromatic rings. The van der Waals surface area contributed by atoms with Crippen LogP contribution in [0.3, 0.4) is 0 Å². The SMILES string of the molecule is Cc1nn(C)c(C)c1CCN(C)C. The summed E-state index contributed by atoms with van der Waals surface area (Å²) in [5, 5.41) is 4.39. The van der Waals surface area contributed by atoms with E-state index in [4.69, 9.17) is 0 Å². The quantitative estimate of drug-likeness (QED) is 0.697. The highest BCUT2D eigenvalue weighted by Gasteiger charge is 2.08. The highest BCUT2D eigenvalue weighted by atomic mass is 15.3. The minimum atomic E-state index is 1.09. The number of aryl methyl sites for hydroxylation is 2. The first-order chi connectivity index (χ1) is 6.02. The first kappa shape index (κ1) is 10.3. The summed E-state index contributed by atoms with van der Waals surface area (Å²) in [7, 11) is 6.20. The van der Waals surface area contributed by atoms with Gasteiger partial charge >= 0.3 is 0 Å². The van der Waals surface area contributed by atoms with Crippen molar-refractivity contribution in [3.8, 4) is 0 Å². The minimum Gasteiger partial charge on any atom is -0.309 e. The smallest absolute Gasteiger partial charge is 0.0628 e. The molecule has 0 aliphatic heterocycles. The van der Waals surface area contributed by atoms with E-state index in [0.29, 0.717) is 0 Å². The van der Waals surface area contributed by atoms with Crippen LogP contribution in [0, 0.1) is 13.8 Å². The molecule has 74 valence electrons. The first-order valence-electron chi connectivity index (χ1n) is 4.66. The molecule has 0 aromatic carbocycles. The number of hydrogen-bond acceptors (Lipinski definition) is 2. The fraction of sp³-hybridized carbons (Fsp3) is 0.700. The topological polar surface area (TPSA) is 21.1 Å². The van der Waals surface area contributed by atoms with Crippen molar-refractivity contribution in [3.05, 3.63) is 17.0 Å². The molecule has 0 aliphatic carbocycles. The normalized spacial score (nSPS) is 11.2. The fourth-order valence-corrected chi connectivity index (χ4v) is 1.51. The van der Waals surface area contributed by atoms with Crippen LogP contribution in [0.25, 0.3) is 0 Å². The largest absolute Gasteiger partial charge is 0.309 e. The second kappa shape index (κ2) is 3.92. The van der Waals surface area contributed by atoms with Gasteiger partial charge in [0.15, 0.2) is 0 Å². The lowest BCUT2D eigenvalue weighted by molar-refractivity contribution is 0.413. The number of aromatic nitrogens is 2. The van der Waals surface area contributed by atoms with Crippen LogP contribution in [0.5, 0.6) is 0 Å². The Morgan fingerprint density at radius 2 is 1.92 bits per heavy atom. The van der Waals surface area contributed by atoms with Gasteiger partial charge in [-0.05, 0) is 39.9 Å². The monoisotopic (exact) mass is 181 g/mol. The number of likely N-dealkylation sites (N-methyl/N-ethyl adjacent to an activating group) is 1. The van der Waals surface area contributed by atoms with E-state index in [1.807, 2.05) is 11.7 Å². The Balaban J connectivity index is 2.76. The zero-order chi connectivity index (χ0) is 10.0. The minimum absolute atomic E-state index is 1.09. The predicted molar refractivity (Wildman–Crippen MR) is 54.9 cm³/mol. The molecule has 3 heteroatoms. The summed E-state index contributed by atoms with van der Waals surface area (Å²) >= 11 is 0. The van der Waals surface area contributed by atoms with E-state index >= 15 is 0 Å². The summed E-state index contributed by atoms with van der Waals surface area (Å²) in [5.41, 5.74) is 3.86. The molecule has 13 heavy (non-hydrogen) atoms. The molecule has 1 heterocycles. The molecule has 0 amide bonds. The Morgan fingerprint density at radius 1 is 1.31 bits per heavy atom. The molecule has 0 spiro atoms. The van der Waals surface area contributed by atoms with Crippen LogP contribution in [0.15, 0.2) is 0 Å². The van der Waals surface area contributed by atoms with Gasteiger partial charge in [-0.1, -0.05) is 0 Å². The summed E-state index contributed by atoms with van der Waals surface area (Å²) in [6, 6.07) is 0. The number of rotatable bonds is 3. The van der Waals surface area contributed by atoms with E-state index < -0.39 is 0 Å². The Kier molecular flexibility index (Phi) is 3.09. The highest BCUT2D eigenvalue weighted by molar-refractivity contribution is 5.24. The Hall–Kier alpha value is -0.830. The van der Waals surface area contributed by atoms with Gasteiger partial charge in [0.25, 0.3) is 0 Å². The van der Waals surface area contributed by atoms with Crippen LogP contribution >= 0.6 is 0 Å². The van der Waals surface area contributed by atoms with Crippen LogP contribution in [0.1, 0.15) is 17.0 Å². The molecule has 1 rings (SSSR count). The van der Waals surface area contributed by atoms with Crippen LogP contribution in [-0.2, 0) is 13.5 Å². The molecular weight excluding hydrogens is 162 g/mol. The summed E-state index contributed by atoms with van der Waals surface area (Å²) in [6.45, 7) is 5.30. The maximum Gasteiger partial charge on any atom is 0.0628 e. The van der Waals surface area contributed by atoms with Gasteiger partial charge in [0, 0.05) is 19.3 Å². The second-order valence-corrected chi connectivity index (χ2v) is 3.83. The fourth-order valence-electron chi connectivity index (χ4n) is 1.51. The summed E-state index contributed by atoms with van der Waals surface area (Å²) in [5.74, 6) is 0. The average molecular weight is 181 g/mol. The van der Waals surface area contributed by atoms with Gasteiger partial charge in [0.1, 0.15) is 0 Å². The van der Waals surface area contributed by atoms with E-state index in [9.17, 15) is 0 Å². The van der Waals surface area contributed by atoms with Gasteiger partial charge in [-0.15, -0.1) is 0 Å². The number of nitrogens with zero attached hydrogens (tertiary/aromatic N) is 3. The number of hydrogen-bond donors (Lipinski definition) is 0. The van der Waals surface area contributed by atoms with Gasteiger partial charge in [0.2, 0.25) is 0 Å².